The molecule has 21 heavy (non-hydrogen) atoms. The highest BCUT2D eigenvalue weighted by Gasteiger charge is 2.34. The van der Waals surface area contributed by atoms with E-state index in [9.17, 15) is 13.2 Å². The van der Waals surface area contributed by atoms with Crippen LogP contribution < -0.4 is 5.73 Å². The third-order valence-electron chi connectivity index (χ3n) is 3.74. The van der Waals surface area contributed by atoms with Gasteiger partial charge in [-0.3, -0.25) is 0 Å². The van der Waals surface area contributed by atoms with Gasteiger partial charge in [0.15, 0.2) is 0 Å². The second-order valence-electron chi connectivity index (χ2n) is 5.21. The number of sulfonamides is 1. The zero-order valence-electron chi connectivity index (χ0n) is 12.2. The lowest BCUT2D eigenvalue weighted by molar-refractivity contribution is 0.0596. The van der Waals surface area contributed by atoms with E-state index in [0.717, 1.165) is 19.3 Å². The van der Waals surface area contributed by atoms with Crippen LogP contribution in [0.15, 0.2) is 23.1 Å². The molecule has 1 fully saturated rings. The number of hydrogen-bond acceptors (Lipinski definition) is 5. The Morgan fingerprint density at radius 2 is 2.10 bits per heavy atom. The van der Waals surface area contributed by atoms with Gasteiger partial charge in [-0.25, -0.2) is 13.2 Å². The second kappa shape index (κ2) is 6.03. The molecule has 1 aliphatic rings. The Morgan fingerprint density at radius 3 is 2.71 bits per heavy atom. The summed E-state index contributed by atoms with van der Waals surface area (Å²) in [6.07, 6.45) is 2.66. The number of anilines is 1. The van der Waals surface area contributed by atoms with Crippen LogP contribution in [-0.4, -0.2) is 38.4 Å². The van der Waals surface area contributed by atoms with Gasteiger partial charge >= 0.3 is 5.97 Å². The molecule has 1 aliphatic heterocycles. The van der Waals surface area contributed by atoms with Crippen molar-refractivity contribution in [1.29, 1.82) is 0 Å². The summed E-state index contributed by atoms with van der Waals surface area (Å²) in [7, 11) is -2.52. The fourth-order valence-corrected chi connectivity index (χ4v) is 4.46. The van der Waals surface area contributed by atoms with Crippen molar-refractivity contribution in [2.75, 3.05) is 19.4 Å². The molecule has 1 aromatic carbocycles. The minimum Gasteiger partial charge on any atom is -0.465 e. The Balaban J connectivity index is 2.51. The lowest BCUT2D eigenvalue weighted by Crippen LogP contribution is -2.42. The van der Waals surface area contributed by atoms with E-state index in [4.69, 9.17) is 5.73 Å². The number of carbonyl (C=O) groups is 1. The maximum absolute atomic E-state index is 12.8. The summed E-state index contributed by atoms with van der Waals surface area (Å²) in [5.41, 5.74) is 5.95. The average Bonchev–Trinajstić information content (AvgIpc) is 2.46. The van der Waals surface area contributed by atoms with Crippen LogP contribution in [0.4, 0.5) is 5.69 Å². The first-order chi connectivity index (χ1) is 9.87. The Morgan fingerprint density at radius 1 is 1.38 bits per heavy atom. The molecular weight excluding hydrogens is 292 g/mol. The zero-order chi connectivity index (χ0) is 15.6. The minimum atomic E-state index is -3.74. The third-order valence-corrected chi connectivity index (χ3v) is 5.81. The Hall–Kier alpha value is -1.60. The summed E-state index contributed by atoms with van der Waals surface area (Å²) in [5, 5.41) is 0. The summed E-state index contributed by atoms with van der Waals surface area (Å²) in [5.74, 6) is -0.703. The fourth-order valence-electron chi connectivity index (χ4n) is 2.60. The van der Waals surface area contributed by atoms with E-state index in [0.29, 0.717) is 12.2 Å². The number of rotatable bonds is 3. The van der Waals surface area contributed by atoms with Crippen molar-refractivity contribution in [3.63, 3.8) is 0 Å². The van der Waals surface area contributed by atoms with E-state index in [1.165, 1.54) is 29.6 Å². The molecule has 0 aliphatic carbocycles. The fraction of sp³-hybridized carbons (Fsp3) is 0.500. The molecule has 0 radical (unpaired) electrons. The number of carbonyl (C=O) groups excluding carboxylic acids is 1. The van der Waals surface area contributed by atoms with Gasteiger partial charge in [0, 0.05) is 18.3 Å². The van der Waals surface area contributed by atoms with E-state index in [1.807, 2.05) is 6.92 Å². The summed E-state index contributed by atoms with van der Waals surface area (Å²) in [6, 6.07) is 4.12. The van der Waals surface area contributed by atoms with Crippen LogP contribution in [0.2, 0.25) is 0 Å². The van der Waals surface area contributed by atoms with E-state index in [-0.39, 0.29) is 16.5 Å². The number of methoxy groups -OCH3 is 1. The van der Waals surface area contributed by atoms with Crippen LogP contribution in [0.3, 0.4) is 0 Å². The van der Waals surface area contributed by atoms with Gasteiger partial charge in [0.1, 0.15) is 0 Å². The Kier molecular flexibility index (Phi) is 4.53. The van der Waals surface area contributed by atoms with Crippen molar-refractivity contribution in [2.24, 2.45) is 0 Å². The molecule has 0 saturated carbocycles. The molecule has 1 saturated heterocycles. The van der Waals surface area contributed by atoms with Crippen molar-refractivity contribution in [1.82, 2.24) is 4.31 Å². The average molecular weight is 312 g/mol. The van der Waals surface area contributed by atoms with E-state index in [1.54, 1.807) is 0 Å². The first-order valence-corrected chi connectivity index (χ1v) is 8.31. The van der Waals surface area contributed by atoms with Crippen molar-refractivity contribution in [3.8, 4) is 0 Å². The van der Waals surface area contributed by atoms with Crippen molar-refractivity contribution in [3.05, 3.63) is 23.8 Å². The molecule has 1 aromatic rings. The molecule has 2 N–H and O–H groups in total. The molecule has 2 rings (SSSR count). The Labute approximate surface area is 124 Å². The first-order valence-electron chi connectivity index (χ1n) is 6.87. The SMILES string of the molecule is COC(=O)c1cc(N)ccc1S(=O)(=O)N1CCCCC1C. The highest BCUT2D eigenvalue weighted by atomic mass is 32.2. The van der Waals surface area contributed by atoms with E-state index in [2.05, 4.69) is 4.74 Å². The molecule has 6 nitrogen and oxygen atoms in total. The first kappa shape index (κ1) is 15.8. The molecule has 0 amide bonds. The normalized spacial score (nSPS) is 20.2. The summed E-state index contributed by atoms with van der Waals surface area (Å²) in [6.45, 7) is 2.35. The number of esters is 1. The molecular formula is C14H20N2O4S. The summed E-state index contributed by atoms with van der Waals surface area (Å²) >= 11 is 0. The Bertz CT molecular complexity index is 642. The minimum absolute atomic E-state index is 0.0183. The van der Waals surface area contributed by atoms with Crippen LogP contribution in [0.1, 0.15) is 36.5 Å². The van der Waals surface area contributed by atoms with E-state index >= 15 is 0 Å². The van der Waals surface area contributed by atoms with Crippen molar-refractivity contribution >= 4 is 21.7 Å². The largest absolute Gasteiger partial charge is 0.465 e. The van der Waals surface area contributed by atoms with Gasteiger partial charge in [-0.15, -0.1) is 0 Å². The number of nitrogens with two attached hydrogens (primary N) is 1. The van der Waals surface area contributed by atoms with Crippen LogP contribution in [0.5, 0.6) is 0 Å². The smallest absolute Gasteiger partial charge is 0.339 e. The van der Waals surface area contributed by atoms with E-state index < -0.39 is 16.0 Å². The number of ether oxygens (including phenoxy) is 1. The zero-order valence-corrected chi connectivity index (χ0v) is 13.0. The summed E-state index contributed by atoms with van der Waals surface area (Å²) < 4.78 is 31.8. The standard InChI is InChI=1S/C14H20N2O4S/c1-10-5-3-4-8-16(10)21(18,19)13-7-6-11(15)9-12(13)14(17)20-2/h6-7,9-10H,3-5,8,15H2,1-2H3. The van der Waals surface area contributed by atoms with Crippen LogP contribution in [-0.2, 0) is 14.8 Å². The number of piperidine rings is 1. The molecule has 0 aromatic heterocycles. The van der Waals surface area contributed by atoms with Gasteiger partial charge in [-0.1, -0.05) is 6.42 Å². The predicted molar refractivity (Wildman–Crippen MR) is 79.4 cm³/mol. The molecule has 1 unspecified atom stereocenters. The van der Waals surface area contributed by atoms with Gasteiger partial charge in [-0.2, -0.15) is 4.31 Å². The number of nitrogen functional groups attached to an aromatic ring is 1. The third kappa shape index (κ3) is 3.03. The molecule has 0 bridgehead atoms. The predicted octanol–water partition coefficient (Wildman–Crippen LogP) is 1.62. The number of benzene rings is 1. The van der Waals surface area contributed by atoms with Crippen LogP contribution >= 0.6 is 0 Å². The quantitative estimate of drug-likeness (QED) is 0.676. The highest BCUT2D eigenvalue weighted by molar-refractivity contribution is 7.89. The number of hydrogen-bond donors (Lipinski definition) is 1. The van der Waals surface area contributed by atoms with Gasteiger partial charge in [0.25, 0.3) is 0 Å². The number of nitrogens with zero attached hydrogens (tertiary/aromatic N) is 1. The topological polar surface area (TPSA) is 89.7 Å². The summed E-state index contributed by atoms with van der Waals surface area (Å²) in [4.78, 5) is 11.8. The molecule has 1 atom stereocenters. The maximum Gasteiger partial charge on any atom is 0.339 e. The maximum atomic E-state index is 12.8. The molecule has 7 heteroatoms. The second-order valence-corrected chi connectivity index (χ2v) is 7.07. The van der Waals surface area contributed by atoms with Gasteiger partial charge in [0.05, 0.1) is 17.6 Å². The monoisotopic (exact) mass is 312 g/mol. The van der Waals surface area contributed by atoms with Crippen LogP contribution in [0.25, 0.3) is 0 Å². The lowest BCUT2D eigenvalue weighted by Gasteiger charge is -2.32. The van der Waals surface area contributed by atoms with Crippen molar-refractivity contribution in [2.45, 2.75) is 37.1 Å². The highest BCUT2D eigenvalue weighted by Crippen LogP contribution is 2.28. The molecule has 116 valence electrons. The molecule has 0 spiro atoms. The lowest BCUT2D eigenvalue weighted by atomic mass is 10.1. The molecule has 1 heterocycles. The van der Waals surface area contributed by atoms with Crippen LogP contribution in [0, 0.1) is 0 Å². The van der Waals surface area contributed by atoms with Crippen molar-refractivity contribution < 1.29 is 17.9 Å². The van der Waals surface area contributed by atoms with Gasteiger partial charge < -0.3 is 10.5 Å². The van der Waals surface area contributed by atoms with Gasteiger partial charge in [0.2, 0.25) is 10.0 Å². The van der Waals surface area contributed by atoms with Gasteiger partial charge in [-0.05, 0) is 38.0 Å².